The topological polar surface area (TPSA) is 98.1 Å². The molecule has 1 saturated heterocycles. The number of carbonyl (C=O) groups is 2. The van der Waals surface area contributed by atoms with Gasteiger partial charge in [0.15, 0.2) is 5.78 Å². The average Bonchev–Trinajstić information content (AvgIpc) is 2.93. The molecule has 0 unspecified atom stereocenters. The molecule has 200 valence electrons. The first-order valence-electron chi connectivity index (χ1n) is 13.3. The molecule has 0 aliphatic carbocycles. The Labute approximate surface area is 224 Å². The third-order valence-corrected chi connectivity index (χ3v) is 8.04. The zero-order valence-electron chi connectivity index (χ0n) is 22.1. The SMILES string of the molecule is CC(C)(C(=O)O)c1ccc(C(=O)CCCN2CCC(C(O)(c3ccccc3)c3ccccc3)CC2)c(O)c1. The summed E-state index contributed by atoms with van der Waals surface area (Å²) in [5.41, 5.74) is 0.292. The maximum atomic E-state index is 12.8. The smallest absolute Gasteiger partial charge is 0.313 e. The van der Waals surface area contributed by atoms with Crippen LogP contribution >= 0.6 is 0 Å². The zero-order valence-corrected chi connectivity index (χ0v) is 22.1. The number of carbonyl (C=O) groups excluding carboxylic acids is 1. The fourth-order valence-electron chi connectivity index (χ4n) is 5.47. The lowest BCUT2D eigenvalue weighted by Gasteiger charge is -2.42. The highest BCUT2D eigenvalue weighted by molar-refractivity contribution is 5.98. The summed E-state index contributed by atoms with van der Waals surface area (Å²) in [6.07, 6.45) is 2.64. The molecule has 0 amide bonds. The van der Waals surface area contributed by atoms with E-state index < -0.39 is 17.0 Å². The lowest BCUT2D eigenvalue weighted by atomic mass is 9.72. The number of phenols is 1. The molecule has 0 aromatic heterocycles. The van der Waals surface area contributed by atoms with Crippen molar-refractivity contribution in [2.24, 2.45) is 5.92 Å². The van der Waals surface area contributed by atoms with Crippen LogP contribution in [-0.4, -0.2) is 51.6 Å². The van der Waals surface area contributed by atoms with Crippen molar-refractivity contribution in [3.63, 3.8) is 0 Å². The summed E-state index contributed by atoms with van der Waals surface area (Å²) in [6.45, 7) is 5.57. The number of piperidine rings is 1. The number of aliphatic hydroxyl groups is 1. The first kappa shape index (κ1) is 27.6. The van der Waals surface area contributed by atoms with E-state index in [1.807, 2.05) is 60.7 Å². The van der Waals surface area contributed by atoms with Gasteiger partial charge in [-0.25, -0.2) is 0 Å². The number of carboxylic acids is 1. The molecule has 3 aromatic rings. The average molecular weight is 516 g/mol. The van der Waals surface area contributed by atoms with E-state index in [4.69, 9.17) is 0 Å². The number of likely N-dealkylation sites (tertiary alicyclic amines) is 1. The van der Waals surface area contributed by atoms with Crippen LogP contribution in [0, 0.1) is 5.92 Å². The Bertz CT molecular complexity index is 1210. The van der Waals surface area contributed by atoms with Crippen LogP contribution in [-0.2, 0) is 15.8 Å². The molecule has 0 spiro atoms. The van der Waals surface area contributed by atoms with Gasteiger partial charge in [-0.2, -0.15) is 0 Å². The molecule has 1 aliphatic heterocycles. The minimum atomic E-state index is -1.15. The van der Waals surface area contributed by atoms with Crippen molar-refractivity contribution in [1.82, 2.24) is 4.90 Å². The highest BCUT2D eigenvalue weighted by atomic mass is 16.4. The highest BCUT2D eigenvalue weighted by Crippen LogP contribution is 2.42. The van der Waals surface area contributed by atoms with Crippen LogP contribution in [0.2, 0.25) is 0 Å². The van der Waals surface area contributed by atoms with Gasteiger partial charge in [0.05, 0.1) is 11.0 Å². The molecule has 6 nitrogen and oxygen atoms in total. The number of ketones is 1. The maximum Gasteiger partial charge on any atom is 0.313 e. The van der Waals surface area contributed by atoms with Crippen LogP contribution in [0.25, 0.3) is 0 Å². The number of phenolic OH excluding ortho intramolecular Hbond substituents is 1. The number of aliphatic carboxylic acids is 1. The van der Waals surface area contributed by atoms with Crippen LogP contribution in [0.4, 0.5) is 0 Å². The Morgan fingerprint density at radius 3 is 1.92 bits per heavy atom. The number of rotatable bonds is 10. The molecular weight excluding hydrogens is 478 g/mol. The minimum absolute atomic E-state index is 0.0793. The van der Waals surface area contributed by atoms with Gasteiger partial charge in [0.25, 0.3) is 0 Å². The molecule has 38 heavy (non-hydrogen) atoms. The molecule has 4 rings (SSSR count). The van der Waals surface area contributed by atoms with Gasteiger partial charge in [0, 0.05) is 6.42 Å². The molecular formula is C32H37NO5. The summed E-state index contributed by atoms with van der Waals surface area (Å²) >= 11 is 0. The second kappa shape index (κ2) is 11.5. The van der Waals surface area contributed by atoms with E-state index in [1.54, 1.807) is 19.9 Å². The van der Waals surface area contributed by atoms with Crippen LogP contribution in [0.3, 0.4) is 0 Å². The molecule has 6 heteroatoms. The summed E-state index contributed by atoms with van der Waals surface area (Å²) in [6, 6.07) is 24.3. The van der Waals surface area contributed by atoms with Gasteiger partial charge in [0.2, 0.25) is 0 Å². The monoisotopic (exact) mass is 515 g/mol. The van der Waals surface area contributed by atoms with Gasteiger partial charge in [-0.3, -0.25) is 9.59 Å². The second-order valence-electron chi connectivity index (χ2n) is 10.8. The fraction of sp³-hybridized carbons (Fsp3) is 0.375. The fourth-order valence-corrected chi connectivity index (χ4v) is 5.47. The minimum Gasteiger partial charge on any atom is -0.507 e. The van der Waals surface area contributed by atoms with Crippen molar-refractivity contribution < 1.29 is 24.9 Å². The molecule has 1 heterocycles. The first-order valence-corrected chi connectivity index (χ1v) is 13.3. The lowest BCUT2D eigenvalue weighted by Crippen LogP contribution is -2.44. The van der Waals surface area contributed by atoms with Gasteiger partial charge < -0.3 is 20.2 Å². The number of hydrogen-bond acceptors (Lipinski definition) is 5. The number of hydrogen-bond donors (Lipinski definition) is 3. The van der Waals surface area contributed by atoms with E-state index in [2.05, 4.69) is 4.90 Å². The Balaban J connectivity index is 1.34. The van der Waals surface area contributed by atoms with Crippen molar-refractivity contribution in [2.45, 2.75) is 50.5 Å². The van der Waals surface area contributed by atoms with Gasteiger partial charge in [-0.1, -0.05) is 66.7 Å². The number of Topliss-reactive ketones (excluding diaryl/α,β-unsaturated/α-hetero) is 1. The van der Waals surface area contributed by atoms with Crippen molar-refractivity contribution in [3.05, 3.63) is 101 Å². The third kappa shape index (κ3) is 5.66. The van der Waals surface area contributed by atoms with Crippen LogP contribution in [0.1, 0.15) is 66.6 Å². The van der Waals surface area contributed by atoms with Crippen LogP contribution < -0.4 is 0 Å². The quantitative estimate of drug-likeness (QED) is 0.314. The van der Waals surface area contributed by atoms with E-state index in [1.165, 1.54) is 12.1 Å². The molecule has 3 N–H and O–H groups in total. The number of benzene rings is 3. The Hall–Kier alpha value is -3.48. The van der Waals surface area contributed by atoms with Gasteiger partial charge in [-0.05, 0) is 87.5 Å². The Kier molecular flexibility index (Phi) is 8.34. The summed E-state index contributed by atoms with van der Waals surface area (Å²) < 4.78 is 0. The molecule has 1 fully saturated rings. The number of carboxylic acid groups (broad SMARTS) is 1. The summed E-state index contributed by atoms with van der Waals surface area (Å²) in [7, 11) is 0. The maximum absolute atomic E-state index is 12.8. The van der Waals surface area contributed by atoms with Gasteiger partial charge >= 0.3 is 5.97 Å². The molecule has 0 bridgehead atoms. The largest absolute Gasteiger partial charge is 0.507 e. The van der Waals surface area contributed by atoms with E-state index in [0.717, 1.165) is 43.6 Å². The van der Waals surface area contributed by atoms with Crippen molar-refractivity contribution in [1.29, 1.82) is 0 Å². The summed E-state index contributed by atoms with van der Waals surface area (Å²) in [5, 5.41) is 31.9. The predicted molar refractivity (Wildman–Crippen MR) is 147 cm³/mol. The zero-order chi connectivity index (χ0) is 27.3. The second-order valence-corrected chi connectivity index (χ2v) is 10.8. The van der Waals surface area contributed by atoms with Crippen molar-refractivity contribution >= 4 is 11.8 Å². The molecule has 0 radical (unpaired) electrons. The van der Waals surface area contributed by atoms with Gasteiger partial charge in [-0.15, -0.1) is 0 Å². The normalized spacial score (nSPS) is 15.3. The van der Waals surface area contributed by atoms with Crippen molar-refractivity contribution in [3.8, 4) is 5.75 Å². The Morgan fingerprint density at radius 1 is 0.868 bits per heavy atom. The number of aromatic hydroxyl groups is 1. The summed E-state index contributed by atoms with van der Waals surface area (Å²) in [5.74, 6) is -1.25. The van der Waals surface area contributed by atoms with E-state index >= 15 is 0 Å². The summed E-state index contributed by atoms with van der Waals surface area (Å²) in [4.78, 5) is 26.6. The molecule has 3 aromatic carbocycles. The van der Waals surface area contributed by atoms with E-state index in [0.29, 0.717) is 18.4 Å². The standard InChI is InChI=1S/C32H37NO5/c1-31(2,30(36)37)26-15-16-27(29(35)22-26)28(34)14-9-19-33-20-17-25(18-21-33)32(38,23-10-5-3-6-11-23)24-12-7-4-8-13-24/h3-8,10-13,15-16,22,25,35,38H,9,14,17-21H2,1-2H3,(H,36,37). The van der Waals surface area contributed by atoms with E-state index in [9.17, 15) is 24.9 Å². The highest BCUT2D eigenvalue weighted by Gasteiger charge is 2.41. The molecule has 0 saturated carbocycles. The number of nitrogens with zero attached hydrogens (tertiary/aromatic N) is 1. The molecule has 0 atom stereocenters. The van der Waals surface area contributed by atoms with Crippen LogP contribution in [0.15, 0.2) is 78.9 Å². The van der Waals surface area contributed by atoms with Crippen LogP contribution in [0.5, 0.6) is 5.75 Å². The van der Waals surface area contributed by atoms with Gasteiger partial charge in [0.1, 0.15) is 11.4 Å². The van der Waals surface area contributed by atoms with E-state index in [-0.39, 0.29) is 23.0 Å². The third-order valence-electron chi connectivity index (χ3n) is 8.04. The first-order chi connectivity index (χ1) is 18.1. The molecule has 1 aliphatic rings. The van der Waals surface area contributed by atoms with Crippen molar-refractivity contribution in [2.75, 3.05) is 19.6 Å². The lowest BCUT2D eigenvalue weighted by molar-refractivity contribution is -0.142. The Morgan fingerprint density at radius 2 is 1.42 bits per heavy atom. The predicted octanol–water partition coefficient (Wildman–Crippen LogP) is 5.37.